The summed E-state index contributed by atoms with van der Waals surface area (Å²) >= 11 is 0. The average Bonchev–Trinajstić information content (AvgIpc) is 3.32. The smallest absolute Gasteiger partial charge is 0.352 e. The van der Waals surface area contributed by atoms with Crippen molar-refractivity contribution in [3.63, 3.8) is 0 Å². The Morgan fingerprint density at radius 2 is 1.89 bits per heavy atom. The van der Waals surface area contributed by atoms with Crippen LogP contribution in [0.25, 0.3) is 17.2 Å². The highest BCUT2D eigenvalue weighted by molar-refractivity contribution is 5.79. The fourth-order valence-electron chi connectivity index (χ4n) is 5.51. The van der Waals surface area contributed by atoms with Gasteiger partial charge in [0, 0.05) is 36.8 Å². The molecule has 2 unspecified atom stereocenters. The van der Waals surface area contributed by atoms with Crippen molar-refractivity contribution in [2.45, 2.75) is 65.1 Å². The first-order valence-corrected chi connectivity index (χ1v) is 13.4. The Kier molecular flexibility index (Phi) is 7.49. The number of aromatic nitrogens is 4. The van der Waals surface area contributed by atoms with E-state index in [1.165, 1.54) is 22.1 Å². The first kappa shape index (κ1) is 26.3. The van der Waals surface area contributed by atoms with Crippen molar-refractivity contribution in [3.05, 3.63) is 58.6 Å². The molecular formula is C29H37N5O4. The molecule has 2 fully saturated rings. The molecule has 0 N–H and O–H groups in total. The van der Waals surface area contributed by atoms with Gasteiger partial charge in [0.1, 0.15) is 5.75 Å². The number of fused-ring (bicyclic) bond motifs is 2. The van der Waals surface area contributed by atoms with Crippen LogP contribution in [0.1, 0.15) is 45.6 Å². The zero-order valence-corrected chi connectivity index (χ0v) is 22.7. The molecule has 2 saturated heterocycles. The lowest BCUT2D eigenvalue weighted by Crippen LogP contribution is -2.46. The Balaban J connectivity index is 1.40. The summed E-state index contributed by atoms with van der Waals surface area (Å²) in [5, 5.41) is 4.63. The second kappa shape index (κ2) is 10.8. The van der Waals surface area contributed by atoms with E-state index in [1.54, 1.807) is 7.11 Å². The van der Waals surface area contributed by atoms with Gasteiger partial charge in [-0.25, -0.2) is 9.78 Å². The Morgan fingerprint density at radius 3 is 2.55 bits per heavy atom. The van der Waals surface area contributed by atoms with Gasteiger partial charge in [0.05, 0.1) is 26.9 Å². The number of carbonyl (C=O) groups is 1. The molecule has 2 bridgehead atoms. The number of benzene rings is 1. The quantitative estimate of drug-likeness (QED) is 0.427. The van der Waals surface area contributed by atoms with Crippen LogP contribution in [0.4, 0.5) is 0 Å². The zero-order chi connectivity index (χ0) is 26.9. The zero-order valence-electron chi connectivity index (χ0n) is 22.7. The molecule has 0 aliphatic carbocycles. The van der Waals surface area contributed by atoms with Gasteiger partial charge in [0.25, 0.3) is 0 Å². The third-order valence-electron chi connectivity index (χ3n) is 7.33. The van der Waals surface area contributed by atoms with E-state index in [4.69, 9.17) is 9.47 Å². The number of carbonyl (C=O) groups excluding carboxylic acids is 1. The standard InChI is InChI=1S/C29H37N5O4/c1-29(2,3)15-24(35)17-33-27(21-6-5-7-25(14-21)37-4)31-34(28(33)36)26-11-8-20(16-30-26)12-13-32-22-9-10-23(32)19-38-18-22/h5-8,11,14,16,22-23H,9-10,12-13,15,17-19H2,1-4H3. The second-order valence-electron chi connectivity index (χ2n) is 11.5. The molecule has 1 aromatic carbocycles. The Hall–Kier alpha value is -3.30. The van der Waals surface area contributed by atoms with Crippen molar-refractivity contribution in [3.8, 4) is 23.0 Å². The van der Waals surface area contributed by atoms with E-state index in [0.29, 0.717) is 41.5 Å². The molecule has 2 aliphatic heterocycles. The van der Waals surface area contributed by atoms with Crippen LogP contribution in [0, 0.1) is 5.41 Å². The molecule has 9 heteroatoms. The normalized spacial score (nSPS) is 19.6. The molecule has 5 rings (SSSR count). The summed E-state index contributed by atoms with van der Waals surface area (Å²) in [4.78, 5) is 33.6. The van der Waals surface area contributed by atoms with Crippen molar-refractivity contribution in [1.29, 1.82) is 0 Å². The molecule has 9 nitrogen and oxygen atoms in total. The van der Waals surface area contributed by atoms with E-state index >= 15 is 0 Å². The van der Waals surface area contributed by atoms with Crippen LogP contribution < -0.4 is 10.4 Å². The minimum absolute atomic E-state index is 0.0244. The molecule has 3 aromatic rings. The third-order valence-corrected chi connectivity index (χ3v) is 7.33. The van der Waals surface area contributed by atoms with E-state index in [-0.39, 0.29) is 17.7 Å². The van der Waals surface area contributed by atoms with E-state index in [1.807, 2.05) is 63.4 Å². The number of rotatable bonds is 9. The van der Waals surface area contributed by atoms with E-state index < -0.39 is 5.69 Å². The maximum atomic E-state index is 13.5. The average molecular weight is 520 g/mol. The van der Waals surface area contributed by atoms with E-state index in [0.717, 1.165) is 31.7 Å². The predicted molar refractivity (Wildman–Crippen MR) is 145 cm³/mol. The number of ketones is 1. The first-order valence-electron chi connectivity index (χ1n) is 13.4. The Labute approximate surface area is 223 Å². The summed E-state index contributed by atoms with van der Waals surface area (Å²) < 4.78 is 13.8. The summed E-state index contributed by atoms with van der Waals surface area (Å²) in [5.41, 5.74) is 1.24. The number of hydrogen-bond acceptors (Lipinski definition) is 7. The molecule has 2 atom stereocenters. The molecule has 2 aliphatic rings. The lowest BCUT2D eigenvalue weighted by atomic mass is 9.90. The fraction of sp³-hybridized carbons (Fsp3) is 0.517. The molecule has 4 heterocycles. The Bertz CT molecular complexity index is 1320. The molecule has 0 saturated carbocycles. The molecule has 0 spiro atoms. The van der Waals surface area contributed by atoms with Crippen molar-refractivity contribution in [1.82, 2.24) is 24.2 Å². The topological polar surface area (TPSA) is 91.5 Å². The minimum atomic E-state index is -0.393. The van der Waals surface area contributed by atoms with Crippen LogP contribution in [-0.4, -0.2) is 69.0 Å². The maximum absolute atomic E-state index is 13.5. The van der Waals surface area contributed by atoms with Gasteiger partial charge >= 0.3 is 5.69 Å². The number of hydrogen-bond donors (Lipinski definition) is 0. The first-order chi connectivity index (χ1) is 18.2. The van der Waals surface area contributed by atoms with Crippen LogP contribution in [0.15, 0.2) is 47.4 Å². The Morgan fingerprint density at radius 1 is 1.13 bits per heavy atom. The number of pyridine rings is 1. The largest absolute Gasteiger partial charge is 0.497 e. The predicted octanol–water partition coefficient (Wildman–Crippen LogP) is 3.52. The number of ether oxygens (including phenoxy) is 2. The SMILES string of the molecule is COc1cccc(-c2nn(-c3ccc(CCN4C5CCC4COC5)cn3)c(=O)n2CC(=O)CC(C)(C)C)c1. The van der Waals surface area contributed by atoms with Crippen LogP contribution >= 0.6 is 0 Å². The number of morpholine rings is 1. The summed E-state index contributed by atoms with van der Waals surface area (Å²) in [5.74, 6) is 1.46. The van der Waals surface area contributed by atoms with Gasteiger partial charge in [0.2, 0.25) is 0 Å². The lowest BCUT2D eigenvalue weighted by molar-refractivity contribution is -0.121. The van der Waals surface area contributed by atoms with Gasteiger partial charge in [-0.3, -0.25) is 14.3 Å². The van der Waals surface area contributed by atoms with Crippen LogP contribution in [0.2, 0.25) is 0 Å². The van der Waals surface area contributed by atoms with Crippen molar-refractivity contribution < 1.29 is 14.3 Å². The highest BCUT2D eigenvalue weighted by atomic mass is 16.5. The highest BCUT2D eigenvalue weighted by Gasteiger charge is 2.36. The van der Waals surface area contributed by atoms with Crippen LogP contribution in [0.3, 0.4) is 0 Å². The van der Waals surface area contributed by atoms with E-state index in [2.05, 4.69) is 15.0 Å². The maximum Gasteiger partial charge on any atom is 0.352 e. The molecule has 202 valence electrons. The van der Waals surface area contributed by atoms with Gasteiger partial charge < -0.3 is 9.47 Å². The van der Waals surface area contributed by atoms with Gasteiger partial charge in [-0.2, -0.15) is 4.68 Å². The number of Topliss-reactive ketones (excluding diaryl/α,β-unsaturated/α-hetero) is 1. The van der Waals surface area contributed by atoms with Crippen LogP contribution in [0.5, 0.6) is 5.75 Å². The summed E-state index contributed by atoms with van der Waals surface area (Å²) in [7, 11) is 1.59. The molecular weight excluding hydrogens is 482 g/mol. The summed E-state index contributed by atoms with van der Waals surface area (Å²) in [6.07, 6.45) is 5.49. The molecule has 2 aromatic heterocycles. The minimum Gasteiger partial charge on any atom is -0.497 e. The molecule has 0 radical (unpaired) electrons. The van der Waals surface area contributed by atoms with Crippen LogP contribution in [-0.2, 0) is 22.5 Å². The second-order valence-corrected chi connectivity index (χ2v) is 11.5. The monoisotopic (exact) mass is 519 g/mol. The number of nitrogens with zero attached hydrogens (tertiary/aromatic N) is 5. The van der Waals surface area contributed by atoms with Crippen molar-refractivity contribution >= 4 is 5.78 Å². The van der Waals surface area contributed by atoms with E-state index in [9.17, 15) is 9.59 Å². The van der Waals surface area contributed by atoms with Crippen molar-refractivity contribution in [2.24, 2.45) is 5.41 Å². The summed E-state index contributed by atoms with van der Waals surface area (Å²) in [6.45, 7) is 8.60. The van der Waals surface area contributed by atoms with Crippen molar-refractivity contribution in [2.75, 3.05) is 26.9 Å². The van der Waals surface area contributed by atoms with Gasteiger partial charge in [-0.1, -0.05) is 39.0 Å². The summed E-state index contributed by atoms with van der Waals surface area (Å²) in [6, 6.07) is 12.2. The molecule has 0 amide bonds. The fourth-order valence-corrected chi connectivity index (χ4v) is 5.51. The van der Waals surface area contributed by atoms with Gasteiger partial charge in [0.15, 0.2) is 17.4 Å². The lowest BCUT2D eigenvalue weighted by Gasteiger charge is -2.34. The highest BCUT2D eigenvalue weighted by Crippen LogP contribution is 2.29. The van der Waals surface area contributed by atoms with Gasteiger partial charge in [-0.15, -0.1) is 5.10 Å². The van der Waals surface area contributed by atoms with Gasteiger partial charge in [-0.05, 0) is 48.4 Å². The third kappa shape index (κ3) is 5.73. The molecule has 38 heavy (non-hydrogen) atoms. The number of methoxy groups -OCH3 is 1.